The van der Waals surface area contributed by atoms with E-state index in [0.717, 1.165) is 0 Å². The molecular formula is C17H20N4O5S. The number of nitrogens with zero attached hydrogens (tertiary/aromatic N) is 2. The Bertz CT molecular complexity index is 944. The van der Waals surface area contributed by atoms with Crippen molar-refractivity contribution in [1.82, 2.24) is 10.1 Å². The number of amides is 2. The molecule has 3 N–H and O–H groups in total. The number of primary sulfonamides is 1. The minimum atomic E-state index is -3.77. The summed E-state index contributed by atoms with van der Waals surface area (Å²) in [6, 6.07) is 7.24. The van der Waals surface area contributed by atoms with Crippen molar-refractivity contribution in [3.8, 4) is 0 Å². The van der Waals surface area contributed by atoms with Crippen molar-refractivity contribution in [1.29, 1.82) is 0 Å². The van der Waals surface area contributed by atoms with Gasteiger partial charge in [0, 0.05) is 30.8 Å². The average Bonchev–Trinajstić information content (AvgIpc) is 3.07. The number of hydrogen-bond acceptors (Lipinski definition) is 6. The van der Waals surface area contributed by atoms with Gasteiger partial charge in [0.15, 0.2) is 0 Å². The van der Waals surface area contributed by atoms with E-state index < -0.39 is 10.0 Å². The maximum Gasteiger partial charge on any atom is 0.292 e. The van der Waals surface area contributed by atoms with E-state index in [1.54, 1.807) is 17.9 Å². The van der Waals surface area contributed by atoms with Gasteiger partial charge in [-0.1, -0.05) is 5.16 Å². The lowest BCUT2D eigenvalue weighted by Crippen LogP contribution is -2.41. The predicted molar refractivity (Wildman–Crippen MR) is 96.3 cm³/mol. The quantitative estimate of drug-likeness (QED) is 0.800. The Hall–Kier alpha value is -2.72. The van der Waals surface area contributed by atoms with Crippen LogP contribution < -0.4 is 10.5 Å². The maximum atomic E-state index is 12.4. The average molecular weight is 392 g/mol. The number of rotatable bonds is 4. The number of aryl methyl sites for hydroxylation is 1. The number of nitrogens with one attached hydrogen (secondary N) is 1. The molecule has 0 atom stereocenters. The number of nitrogens with two attached hydrogens (primary N) is 1. The fraction of sp³-hybridized carbons (Fsp3) is 0.353. The highest BCUT2D eigenvalue weighted by Gasteiger charge is 2.29. The van der Waals surface area contributed by atoms with Crippen molar-refractivity contribution in [2.75, 3.05) is 18.4 Å². The van der Waals surface area contributed by atoms with Gasteiger partial charge in [-0.05, 0) is 44.0 Å². The second-order valence-electron chi connectivity index (χ2n) is 6.46. The molecule has 27 heavy (non-hydrogen) atoms. The van der Waals surface area contributed by atoms with Crippen LogP contribution in [0.2, 0.25) is 0 Å². The Morgan fingerprint density at radius 3 is 2.37 bits per heavy atom. The molecule has 1 saturated heterocycles. The Kier molecular flexibility index (Phi) is 5.29. The molecule has 0 unspecified atom stereocenters. The standard InChI is InChI=1S/C17H20N4O5S/c1-11-10-15(26-20-11)17(23)21-8-6-12(7-9-21)16(22)19-13-2-4-14(5-3-13)27(18,24)25/h2-5,10,12H,6-9H2,1H3,(H,19,22)(H2,18,24,25). The minimum absolute atomic E-state index is 0.0185. The molecular weight excluding hydrogens is 372 g/mol. The number of likely N-dealkylation sites (tertiary alicyclic amines) is 1. The van der Waals surface area contributed by atoms with Gasteiger partial charge in [-0.25, -0.2) is 13.6 Å². The molecule has 144 valence electrons. The maximum absolute atomic E-state index is 12.4. The van der Waals surface area contributed by atoms with Crippen LogP contribution in [-0.2, 0) is 14.8 Å². The van der Waals surface area contributed by atoms with E-state index in [0.29, 0.717) is 37.3 Å². The third kappa shape index (κ3) is 4.52. The van der Waals surface area contributed by atoms with Gasteiger partial charge >= 0.3 is 0 Å². The third-order valence-electron chi connectivity index (χ3n) is 4.44. The van der Waals surface area contributed by atoms with E-state index in [4.69, 9.17) is 9.66 Å². The highest BCUT2D eigenvalue weighted by Crippen LogP contribution is 2.22. The lowest BCUT2D eigenvalue weighted by Gasteiger charge is -2.30. The van der Waals surface area contributed by atoms with Gasteiger partial charge in [0.2, 0.25) is 21.7 Å². The summed E-state index contributed by atoms with van der Waals surface area (Å²) in [7, 11) is -3.77. The monoisotopic (exact) mass is 392 g/mol. The lowest BCUT2D eigenvalue weighted by molar-refractivity contribution is -0.121. The number of piperidine rings is 1. The van der Waals surface area contributed by atoms with E-state index in [-0.39, 0.29) is 28.4 Å². The zero-order valence-electron chi connectivity index (χ0n) is 14.7. The first-order chi connectivity index (χ1) is 12.7. The second-order valence-corrected chi connectivity index (χ2v) is 8.02. The minimum Gasteiger partial charge on any atom is -0.351 e. The van der Waals surface area contributed by atoms with Gasteiger partial charge in [-0.15, -0.1) is 0 Å². The molecule has 0 saturated carbocycles. The molecule has 1 aliphatic rings. The number of aromatic nitrogens is 1. The fourth-order valence-electron chi connectivity index (χ4n) is 2.94. The Morgan fingerprint density at radius 2 is 1.85 bits per heavy atom. The van der Waals surface area contributed by atoms with Crippen LogP contribution in [0.3, 0.4) is 0 Å². The molecule has 1 aromatic heterocycles. The summed E-state index contributed by atoms with van der Waals surface area (Å²) >= 11 is 0. The first kappa shape index (κ1) is 19.1. The summed E-state index contributed by atoms with van der Waals surface area (Å²) in [5, 5.41) is 11.5. The molecule has 0 radical (unpaired) electrons. The van der Waals surface area contributed by atoms with Crippen LogP contribution >= 0.6 is 0 Å². The number of carbonyl (C=O) groups is 2. The molecule has 2 heterocycles. The molecule has 0 aliphatic carbocycles. The van der Waals surface area contributed by atoms with Crippen LogP contribution in [0.15, 0.2) is 39.8 Å². The van der Waals surface area contributed by atoms with E-state index in [9.17, 15) is 18.0 Å². The van der Waals surface area contributed by atoms with Gasteiger partial charge in [0.05, 0.1) is 10.6 Å². The first-order valence-corrected chi connectivity index (χ1v) is 9.95. The van der Waals surface area contributed by atoms with E-state index in [1.165, 1.54) is 24.3 Å². The Labute approximate surface area is 156 Å². The summed E-state index contributed by atoms with van der Waals surface area (Å²) in [6.07, 6.45) is 1.06. The molecule has 1 fully saturated rings. The number of sulfonamides is 1. The van der Waals surface area contributed by atoms with Gasteiger partial charge in [0.25, 0.3) is 5.91 Å². The molecule has 10 heteroatoms. The van der Waals surface area contributed by atoms with Crippen LogP contribution in [0.1, 0.15) is 29.1 Å². The highest BCUT2D eigenvalue weighted by molar-refractivity contribution is 7.89. The van der Waals surface area contributed by atoms with Crippen LogP contribution in [-0.4, -0.2) is 43.4 Å². The number of carbonyl (C=O) groups excluding carboxylic acids is 2. The van der Waals surface area contributed by atoms with Crippen LogP contribution in [0.4, 0.5) is 5.69 Å². The highest BCUT2D eigenvalue weighted by atomic mass is 32.2. The van der Waals surface area contributed by atoms with Gasteiger partial charge in [-0.2, -0.15) is 0 Å². The number of hydrogen-bond donors (Lipinski definition) is 2. The van der Waals surface area contributed by atoms with Crippen LogP contribution in [0.5, 0.6) is 0 Å². The van der Waals surface area contributed by atoms with Crippen molar-refractivity contribution >= 4 is 27.5 Å². The van der Waals surface area contributed by atoms with Gasteiger partial charge in [-0.3, -0.25) is 9.59 Å². The largest absolute Gasteiger partial charge is 0.351 e. The molecule has 9 nitrogen and oxygen atoms in total. The van der Waals surface area contributed by atoms with E-state index in [2.05, 4.69) is 10.5 Å². The molecule has 2 amide bonds. The van der Waals surface area contributed by atoms with Crippen molar-refractivity contribution < 1.29 is 22.5 Å². The molecule has 0 spiro atoms. The smallest absolute Gasteiger partial charge is 0.292 e. The van der Waals surface area contributed by atoms with Crippen LogP contribution in [0, 0.1) is 12.8 Å². The van der Waals surface area contributed by atoms with Crippen molar-refractivity contribution in [3.63, 3.8) is 0 Å². The molecule has 2 aromatic rings. The molecule has 1 aromatic carbocycles. The number of anilines is 1. The normalized spacial score (nSPS) is 15.6. The topological polar surface area (TPSA) is 136 Å². The fourth-order valence-corrected chi connectivity index (χ4v) is 3.45. The van der Waals surface area contributed by atoms with E-state index >= 15 is 0 Å². The summed E-state index contributed by atoms with van der Waals surface area (Å²) in [6.45, 7) is 2.63. The van der Waals surface area contributed by atoms with Crippen molar-refractivity contribution in [3.05, 3.63) is 41.8 Å². The SMILES string of the molecule is Cc1cc(C(=O)N2CCC(C(=O)Nc3ccc(S(N)(=O)=O)cc3)CC2)on1. The Morgan fingerprint density at radius 1 is 1.22 bits per heavy atom. The number of benzene rings is 1. The van der Waals surface area contributed by atoms with Gasteiger partial charge in [0.1, 0.15) is 0 Å². The first-order valence-electron chi connectivity index (χ1n) is 8.40. The summed E-state index contributed by atoms with van der Waals surface area (Å²) in [5.74, 6) is -0.428. The van der Waals surface area contributed by atoms with Crippen molar-refractivity contribution in [2.45, 2.75) is 24.7 Å². The zero-order chi connectivity index (χ0) is 19.6. The van der Waals surface area contributed by atoms with Crippen LogP contribution in [0.25, 0.3) is 0 Å². The molecule has 1 aliphatic heterocycles. The predicted octanol–water partition coefficient (Wildman–Crippen LogP) is 1.12. The Balaban J connectivity index is 1.55. The van der Waals surface area contributed by atoms with E-state index in [1.807, 2.05) is 0 Å². The summed E-state index contributed by atoms with van der Waals surface area (Å²) in [4.78, 5) is 26.4. The van der Waals surface area contributed by atoms with Gasteiger partial charge < -0.3 is 14.7 Å². The third-order valence-corrected chi connectivity index (χ3v) is 5.37. The lowest BCUT2D eigenvalue weighted by atomic mass is 9.95. The zero-order valence-corrected chi connectivity index (χ0v) is 15.5. The molecule has 0 bridgehead atoms. The summed E-state index contributed by atoms with van der Waals surface area (Å²) < 4.78 is 27.5. The second kappa shape index (κ2) is 7.49. The molecule has 3 rings (SSSR count). The summed E-state index contributed by atoms with van der Waals surface area (Å²) in [5.41, 5.74) is 1.13. The van der Waals surface area contributed by atoms with Crippen molar-refractivity contribution in [2.24, 2.45) is 11.1 Å².